The van der Waals surface area contributed by atoms with Gasteiger partial charge < -0.3 is 10.1 Å². The van der Waals surface area contributed by atoms with Crippen LogP contribution in [0.2, 0.25) is 0 Å². The number of imide groups is 1. The second-order valence-electron chi connectivity index (χ2n) is 6.30. The van der Waals surface area contributed by atoms with E-state index in [1.807, 2.05) is 63.2 Å². The molecule has 0 saturated carbocycles. The molecule has 1 aliphatic heterocycles. The zero-order valence-corrected chi connectivity index (χ0v) is 15.4. The van der Waals surface area contributed by atoms with Gasteiger partial charge in [0.1, 0.15) is 11.4 Å². The molecule has 0 fully saturated rings. The van der Waals surface area contributed by atoms with Crippen LogP contribution in [0.4, 0.5) is 5.69 Å². The number of nitrogens with zero attached hydrogens (tertiary/aromatic N) is 1. The van der Waals surface area contributed by atoms with Gasteiger partial charge >= 0.3 is 0 Å². The Bertz CT molecular complexity index is 915. The number of aryl methyl sites for hydroxylation is 2. The van der Waals surface area contributed by atoms with E-state index < -0.39 is 0 Å². The van der Waals surface area contributed by atoms with E-state index in [1.165, 1.54) is 7.05 Å². The average molecular weight is 350 g/mol. The molecule has 5 nitrogen and oxygen atoms in total. The van der Waals surface area contributed by atoms with Crippen LogP contribution in [-0.2, 0) is 9.59 Å². The van der Waals surface area contributed by atoms with Gasteiger partial charge in [0.15, 0.2) is 0 Å². The molecule has 0 aromatic heterocycles. The summed E-state index contributed by atoms with van der Waals surface area (Å²) in [6.45, 7) is 6.47. The molecule has 0 bridgehead atoms. The minimum absolute atomic E-state index is 0.286. The molecule has 0 radical (unpaired) electrons. The molecule has 1 heterocycles. The highest BCUT2D eigenvalue weighted by atomic mass is 16.5. The quantitative estimate of drug-likeness (QED) is 0.838. The Morgan fingerprint density at radius 2 is 1.77 bits per heavy atom. The van der Waals surface area contributed by atoms with Gasteiger partial charge in [-0.3, -0.25) is 14.5 Å². The van der Waals surface area contributed by atoms with Crippen LogP contribution in [0.25, 0.3) is 5.57 Å². The summed E-state index contributed by atoms with van der Waals surface area (Å²) in [5.41, 5.74) is 4.32. The second-order valence-corrected chi connectivity index (χ2v) is 6.30. The van der Waals surface area contributed by atoms with Crippen molar-refractivity contribution in [3.8, 4) is 5.75 Å². The Labute approximate surface area is 153 Å². The standard InChI is InChI=1S/C21H22N2O3/c1-5-26-17-8-6-7-16(12-17)22-19-18(20(24)23(4)21(19)25)15-10-9-13(2)14(3)11-15/h6-12,22H,5H2,1-4H3. The Balaban J connectivity index is 2.05. The molecule has 2 amide bonds. The Kier molecular flexibility index (Phi) is 4.80. The number of anilines is 1. The Morgan fingerprint density at radius 3 is 2.46 bits per heavy atom. The topological polar surface area (TPSA) is 58.6 Å². The Hall–Kier alpha value is -3.08. The fourth-order valence-corrected chi connectivity index (χ4v) is 2.90. The number of ether oxygens (including phenoxy) is 1. The molecule has 0 unspecified atom stereocenters. The monoisotopic (exact) mass is 350 g/mol. The lowest BCUT2D eigenvalue weighted by atomic mass is 9.99. The number of amides is 2. The van der Waals surface area contributed by atoms with Gasteiger partial charge in [0.25, 0.3) is 11.8 Å². The first kappa shape index (κ1) is 17.7. The van der Waals surface area contributed by atoms with E-state index >= 15 is 0 Å². The lowest BCUT2D eigenvalue weighted by Crippen LogP contribution is -2.27. The third kappa shape index (κ3) is 3.20. The zero-order valence-electron chi connectivity index (χ0n) is 15.4. The number of hydrogen-bond acceptors (Lipinski definition) is 4. The van der Waals surface area contributed by atoms with Gasteiger partial charge in [0.2, 0.25) is 0 Å². The van der Waals surface area contributed by atoms with E-state index in [-0.39, 0.29) is 17.5 Å². The molecule has 3 rings (SSSR count). The molecule has 26 heavy (non-hydrogen) atoms. The number of carbonyl (C=O) groups is 2. The number of benzene rings is 2. The summed E-state index contributed by atoms with van der Waals surface area (Å²) in [5.74, 6) is 0.0581. The summed E-state index contributed by atoms with van der Waals surface area (Å²) in [7, 11) is 1.50. The zero-order chi connectivity index (χ0) is 18.8. The third-order valence-electron chi connectivity index (χ3n) is 4.50. The molecule has 134 valence electrons. The highest BCUT2D eigenvalue weighted by molar-refractivity contribution is 6.36. The van der Waals surface area contributed by atoms with Crippen molar-refractivity contribution >= 4 is 23.1 Å². The first-order chi connectivity index (χ1) is 12.4. The molecule has 0 spiro atoms. The fraction of sp³-hybridized carbons (Fsp3) is 0.238. The predicted octanol–water partition coefficient (Wildman–Crippen LogP) is 3.52. The number of likely N-dealkylation sites (N-methyl/N-ethyl adjacent to an activating group) is 1. The number of rotatable bonds is 5. The maximum absolute atomic E-state index is 12.7. The van der Waals surface area contributed by atoms with Crippen LogP contribution in [0.3, 0.4) is 0 Å². The minimum Gasteiger partial charge on any atom is -0.494 e. The van der Waals surface area contributed by atoms with E-state index in [4.69, 9.17) is 4.74 Å². The summed E-state index contributed by atoms with van der Waals surface area (Å²) in [6.07, 6.45) is 0. The normalized spacial score (nSPS) is 14.2. The van der Waals surface area contributed by atoms with Crippen LogP contribution in [0.5, 0.6) is 5.75 Å². The van der Waals surface area contributed by atoms with Crippen molar-refractivity contribution in [1.82, 2.24) is 4.90 Å². The highest BCUT2D eigenvalue weighted by Crippen LogP contribution is 2.31. The molecule has 2 aromatic carbocycles. The first-order valence-electron chi connectivity index (χ1n) is 8.56. The van der Waals surface area contributed by atoms with E-state index in [9.17, 15) is 9.59 Å². The van der Waals surface area contributed by atoms with Crippen molar-refractivity contribution in [1.29, 1.82) is 0 Å². The van der Waals surface area contributed by atoms with Crippen LogP contribution in [0.15, 0.2) is 48.2 Å². The van der Waals surface area contributed by atoms with E-state index in [1.54, 1.807) is 0 Å². The van der Waals surface area contributed by atoms with Gasteiger partial charge in [-0.25, -0.2) is 0 Å². The molecule has 2 aromatic rings. The van der Waals surface area contributed by atoms with Crippen molar-refractivity contribution in [2.75, 3.05) is 19.0 Å². The number of nitrogens with one attached hydrogen (secondary N) is 1. The molecule has 5 heteroatoms. The molecular weight excluding hydrogens is 328 g/mol. The summed E-state index contributed by atoms with van der Waals surface area (Å²) in [4.78, 5) is 26.4. The first-order valence-corrected chi connectivity index (χ1v) is 8.56. The van der Waals surface area contributed by atoms with E-state index in [2.05, 4.69) is 5.32 Å². The molecule has 1 aliphatic rings. The fourth-order valence-electron chi connectivity index (χ4n) is 2.90. The second kappa shape index (κ2) is 7.04. The Morgan fingerprint density at radius 1 is 1.00 bits per heavy atom. The van der Waals surface area contributed by atoms with Gasteiger partial charge in [-0.2, -0.15) is 0 Å². The van der Waals surface area contributed by atoms with Crippen molar-refractivity contribution in [2.45, 2.75) is 20.8 Å². The van der Waals surface area contributed by atoms with Crippen LogP contribution in [0, 0.1) is 13.8 Å². The van der Waals surface area contributed by atoms with Gasteiger partial charge in [0, 0.05) is 18.8 Å². The van der Waals surface area contributed by atoms with Crippen molar-refractivity contribution < 1.29 is 14.3 Å². The average Bonchev–Trinajstić information content (AvgIpc) is 2.82. The summed E-state index contributed by atoms with van der Waals surface area (Å²) in [5, 5.41) is 3.12. The van der Waals surface area contributed by atoms with Gasteiger partial charge in [0.05, 0.1) is 12.2 Å². The molecule has 1 N–H and O–H groups in total. The van der Waals surface area contributed by atoms with Gasteiger partial charge in [-0.15, -0.1) is 0 Å². The van der Waals surface area contributed by atoms with Crippen molar-refractivity contribution in [2.24, 2.45) is 0 Å². The summed E-state index contributed by atoms with van der Waals surface area (Å²) < 4.78 is 5.50. The minimum atomic E-state index is -0.343. The molecule has 0 saturated heterocycles. The maximum Gasteiger partial charge on any atom is 0.277 e. The smallest absolute Gasteiger partial charge is 0.277 e. The predicted molar refractivity (Wildman–Crippen MR) is 102 cm³/mol. The van der Waals surface area contributed by atoms with Crippen LogP contribution < -0.4 is 10.1 Å². The summed E-state index contributed by atoms with van der Waals surface area (Å²) in [6, 6.07) is 13.1. The molecule has 0 atom stereocenters. The van der Waals surface area contributed by atoms with Crippen LogP contribution in [0.1, 0.15) is 23.6 Å². The third-order valence-corrected chi connectivity index (χ3v) is 4.50. The summed E-state index contributed by atoms with van der Waals surface area (Å²) >= 11 is 0. The lowest BCUT2D eigenvalue weighted by molar-refractivity contribution is -0.135. The highest BCUT2D eigenvalue weighted by Gasteiger charge is 2.36. The largest absolute Gasteiger partial charge is 0.494 e. The van der Waals surface area contributed by atoms with Crippen molar-refractivity contribution in [3.63, 3.8) is 0 Å². The van der Waals surface area contributed by atoms with Gasteiger partial charge in [-0.1, -0.05) is 24.3 Å². The van der Waals surface area contributed by atoms with Gasteiger partial charge in [-0.05, 0) is 49.6 Å². The maximum atomic E-state index is 12.7. The van der Waals surface area contributed by atoms with E-state index in [0.29, 0.717) is 23.6 Å². The van der Waals surface area contributed by atoms with Crippen LogP contribution >= 0.6 is 0 Å². The SMILES string of the molecule is CCOc1cccc(NC2=C(c3ccc(C)c(C)c3)C(=O)N(C)C2=O)c1. The molecular formula is C21H22N2O3. The number of hydrogen-bond donors (Lipinski definition) is 1. The van der Waals surface area contributed by atoms with Crippen LogP contribution in [-0.4, -0.2) is 30.4 Å². The van der Waals surface area contributed by atoms with Crippen molar-refractivity contribution in [3.05, 3.63) is 64.9 Å². The lowest BCUT2D eigenvalue weighted by Gasteiger charge is -2.11. The molecule has 0 aliphatic carbocycles. The van der Waals surface area contributed by atoms with E-state index in [0.717, 1.165) is 21.6 Å². The number of carbonyl (C=O) groups excluding carboxylic acids is 2.